The molecule has 1 heterocycles. The number of hydrogen-bond acceptors (Lipinski definition) is 4. The van der Waals surface area contributed by atoms with Gasteiger partial charge >= 0.3 is 77.0 Å². The minimum atomic E-state index is -5.46. The second-order valence-electron chi connectivity index (χ2n) is 3.01. The number of fused-ring (bicyclic) bond motifs is 1. The predicted octanol–water partition coefficient (Wildman–Crippen LogP) is 0.352. The summed E-state index contributed by atoms with van der Waals surface area (Å²) >= 11 is -5.46. The molecule has 81 valence electrons. The molecule has 4 nitrogen and oxygen atoms in total. The Kier molecular flexibility index (Phi) is 10.7. The summed E-state index contributed by atoms with van der Waals surface area (Å²) in [4.78, 5) is 11.3. The van der Waals surface area contributed by atoms with Gasteiger partial charge < -0.3 is 0 Å². The molecule has 1 aliphatic heterocycles. The standard InChI is InChI=1S/C8H9IO4.3Ac/c10-8-5-9(11,12,13)7-4-2-1-3-6(7)8;;;/h1-4,11-13H,5H2;;;. The van der Waals surface area contributed by atoms with Gasteiger partial charge in [-0.15, -0.1) is 0 Å². The van der Waals surface area contributed by atoms with Gasteiger partial charge in [-0.1, -0.05) is 0 Å². The van der Waals surface area contributed by atoms with Crippen LogP contribution in [0.15, 0.2) is 24.3 Å². The smallest absolute Gasteiger partial charge is 0 e. The summed E-state index contributed by atoms with van der Waals surface area (Å²) in [6, 6.07) is 6.09. The van der Waals surface area contributed by atoms with Crippen LogP contribution in [-0.4, -0.2) is 20.5 Å². The first kappa shape index (κ1) is 22.1. The minimum Gasteiger partial charge on any atom is 0 e. The zero-order chi connectivity index (χ0) is 9.71. The molecule has 0 bridgehead atoms. The molecule has 0 unspecified atom stereocenters. The van der Waals surface area contributed by atoms with Crippen LogP contribution in [0.4, 0.5) is 0 Å². The third-order valence-electron chi connectivity index (χ3n) is 1.96. The van der Waals surface area contributed by atoms with Gasteiger partial charge in [0.25, 0.3) is 0 Å². The van der Waals surface area contributed by atoms with Crippen molar-refractivity contribution in [2.24, 2.45) is 0 Å². The summed E-state index contributed by atoms with van der Waals surface area (Å²) in [6.45, 7) is 0. The van der Waals surface area contributed by atoms with Crippen molar-refractivity contribution < 1.29 is 147 Å². The fourth-order valence-corrected chi connectivity index (χ4v) is 6.11. The van der Waals surface area contributed by atoms with Crippen molar-refractivity contribution in [1.82, 2.24) is 0 Å². The van der Waals surface area contributed by atoms with E-state index in [4.69, 9.17) is 0 Å². The van der Waals surface area contributed by atoms with E-state index >= 15 is 0 Å². The van der Waals surface area contributed by atoms with Crippen LogP contribution >= 0.6 is 18.3 Å². The van der Waals surface area contributed by atoms with Gasteiger partial charge in [-0.05, 0) is 0 Å². The van der Waals surface area contributed by atoms with Crippen LogP contribution < -0.4 is 0 Å². The quantitative estimate of drug-likeness (QED) is 0.260. The largest absolute Gasteiger partial charge is 0 e. The van der Waals surface area contributed by atoms with Gasteiger partial charge in [-0.2, -0.15) is 0 Å². The first-order valence-corrected chi connectivity index (χ1v) is 9.10. The maximum absolute atomic E-state index is 11.3. The third-order valence-corrected chi connectivity index (χ3v) is 7.38. The van der Waals surface area contributed by atoms with E-state index in [-0.39, 0.29) is 141 Å². The molecule has 3 radical (unpaired) electrons. The van der Waals surface area contributed by atoms with Crippen LogP contribution in [-0.2, 0) is 0 Å². The summed E-state index contributed by atoms with van der Waals surface area (Å²) < 4.78 is 28.2. The molecule has 3 N–H and O–H groups in total. The van der Waals surface area contributed by atoms with Crippen molar-refractivity contribution in [1.29, 1.82) is 0 Å². The average Bonchev–Trinajstić information content (AvgIpc) is 2.20. The molecule has 0 saturated heterocycles. The molecule has 0 fully saturated rings. The number of alkyl halides is 1. The second kappa shape index (κ2) is 7.73. The monoisotopic (exact) mass is 977 g/mol. The summed E-state index contributed by atoms with van der Waals surface area (Å²) in [7, 11) is 0. The molecule has 0 atom stereocenters. The van der Waals surface area contributed by atoms with Gasteiger partial charge in [0.15, 0.2) is 0 Å². The van der Waals surface area contributed by atoms with Crippen molar-refractivity contribution in [3.05, 3.63) is 33.4 Å². The molecule has 1 aromatic rings. The Balaban J connectivity index is 0. The van der Waals surface area contributed by atoms with Crippen molar-refractivity contribution in [3.63, 3.8) is 0 Å². The molecule has 8 heteroatoms. The van der Waals surface area contributed by atoms with E-state index in [1.807, 2.05) is 0 Å². The van der Waals surface area contributed by atoms with E-state index in [0.29, 0.717) is 0 Å². The van der Waals surface area contributed by atoms with Gasteiger partial charge in [0.1, 0.15) is 0 Å². The Morgan fingerprint density at radius 2 is 1.50 bits per heavy atom. The Bertz CT molecular complexity index is 402. The van der Waals surface area contributed by atoms with E-state index in [2.05, 4.69) is 0 Å². The fraction of sp³-hybridized carbons (Fsp3) is 0.125. The fourth-order valence-electron chi connectivity index (χ4n) is 1.39. The molecule has 0 aromatic heterocycles. The zero-order valence-corrected chi connectivity index (χ0v) is 24.8. The van der Waals surface area contributed by atoms with Gasteiger partial charge in [0.2, 0.25) is 0 Å². The summed E-state index contributed by atoms with van der Waals surface area (Å²) in [5, 5.41) is 0. The van der Waals surface area contributed by atoms with Gasteiger partial charge in [0.05, 0.1) is 0 Å². The average molecular weight is 977 g/mol. The molecular weight excluding hydrogens is 968 g/mol. The molecule has 0 saturated carbocycles. The number of hydrogen-bond donors (Lipinski definition) is 3. The van der Waals surface area contributed by atoms with Crippen molar-refractivity contribution in [3.8, 4) is 0 Å². The van der Waals surface area contributed by atoms with Crippen LogP contribution in [0.1, 0.15) is 10.4 Å². The van der Waals surface area contributed by atoms with Crippen LogP contribution in [0, 0.1) is 136 Å². The topological polar surface area (TPSA) is 77.8 Å². The number of rotatable bonds is 0. The number of carbonyl (C=O) groups excluding carboxylic acids is 1. The Morgan fingerprint density at radius 3 is 2.00 bits per heavy atom. The molecule has 0 aliphatic carbocycles. The molecule has 0 spiro atoms. The maximum atomic E-state index is 11.3. The number of ketones is 1. The molecule has 0 amide bonds. The summed E-state index contributed by atoms with van der Waals surface area (Å²) in [6.07, 6.45) is 0. The van der Waals surface area contributed by atoms with E-state index in [1.165, 1.54) is 12.1 Å². The predicted molar refractivity (Wildman–Crippen MR) is 55.0 cm³/mol. The second-order valence-corrected chi connectivity index (χ2v) is 10.5. The number of benzene rings is 1. The van der Waals surface area contributed by atoms with Gasteiger partial charge in [-0.3, -0.25) is 0 Å². The minimum absolute atomic E-state index is 0. The maximum Gasteiger partial charge on any atom is 0 e. The van der Waals surface area contributed by atoms with Crippen molar-refractivity contribution in [2.45, 2.75) is 0 Å². The SMILES string of the molecule is O=C1CI(O)(O)(O)c2ccccc21.[Ac].[Ac].[Ac]. The number of carbonyl (C=O) groups is 1. The zero-order valence-electron chi connectivity index (χ0n) is 8.38. The molecular formula is C8H9Ac3IO4. The summed E-state index contributed by atoms with van der Waals surface area (Å²) in [5.74, 6) is -0.391. The van der Waals surface area contributed by atoms with E-state index in [0.717, 1.165) is 0 Å². The first-order chi connectivity index (χ1) is 5.88. The van der Waals surface area contributed by atoms with E-state index in [9.17, 15) is 15.1 Å². The van der Waals surface area contributed by atoms with Gasteiger partial charge in [0, 0.05) is 132 Å². The Labute approximate surface area is 203 Å². The number of halogens is 1. The molecule has 1 aliphatic rings. The van der Waals surface area contributed by atoms with Gasteiger partial charge in [-0.25, -0.2) is 0 Å². The Hall–Kier alpha value is 3.82. The van der Waals surface area contributed by atoms with Crippen molar-refractivity contribution in [2.75, 3.05) is 4.43 Å². The molecule has 1 aromatic carbocycles. The van der Waals surface area contributed by atoms with Crippen molar-refractivity contribution >= 4 is 24.1 Å². The Morgan fingerprint density at radius 1 is 1.00 bits per heavy atom. The molecule has 16 heavy (non-hydrogen) atoms. The van der Waals surface area contributed by atoms with Crippen LogP contribution in [0.2, 0.25) is 0 Å². The third kappa shape index (κ3) is 4.68. The number of Topliss-reactive ketones (excluding diaryl/α,β-unsaturated/α-hetero) is 1. The van der Waals surface area contributed by atoms with E-state index in [1.54, 1.807) is 12.1 Å². The summed E-state index contributed by atoms with van der Waals surface area (Å²) in [5.41, 5.74) is 0.240. The molecule has 2 rings (SSSR count). The van der Waals surface area contributed by atoms with Crippen LogP contribution in [0.3, 0.4) is 0 Å². The first-order valence-electron chi connectivity index (χ1n) is 3.60. The van der Waals surface area contributed by atoms with E-state index < -0.39 is 28.5 Å². The van der Waals surface area contributed by atoms with Crippen LogP contribution in [0.5, 0.6) is 0 Å². The van der Waals surface area contributed by atoms with Crippen LogP contribution in [0.25, 0.3) is 0 Å². The normalized spacial score (nSPS) is 21.2.